The Hall–Kier alpha value is 0.400. The third-order valence-corrected chi connectivity index (χ3v) is 2.68. The molecule has 0 aromatic rings. The van der Waals surface area contributed by atoms with Gasteiger partial charge in [-0.05, 0) is 12.8 Å². The molecule has 0 saturated heterocycles. The van der Waals surface area contributed by atoms with Crippen molar-refractivity contribution in [2.24, 2.45) is 0 Å². The molecule has 0 bridgehead atoms. The highest BCUT2D eigenvalue weighted by Gasteiger charge is 1.98. The number of hydrogen-bond acceptors (Lipinski definition) is 2. The van der Waals surface area contributed by atoms with Crippen LogP contribution in [0.1, 0.15) is 32.1 Å². The van der Waals surface area contributed by atoms with Gasteiger partial charge in [0.2, 0.25) is 5.91 Å². The molecule has 0 radical (unpaired) electrons. The molecule has 0 aliphatic rings. The average molecular weight is 424 g/mol. The van der Waals surface area contributed by atoms with Crippen molar-refractivity contribution in [2.45, 2.75) is 32.1 Å². The minimum atomic E-state index is -0.00751. The number of amides is 2. The molecule has 0 aromatic carbocycles. The highest BCUT2D eigenvalue weighted by Crippen LogP contribution is 2.02. The Kier molecular flexibility index (Phi) is 10.2. The van der Waals surface area contributed by atoms with Crippen LogP contribution < -0.4 is 8.85 Å². The Bertz CT molecular complexity index is 188. The molecule has 0 fully saturated rings. The van der Waals surface area contributed by atoms with E-state index in [-0.39, 0.29) is 9.82 Å². The van der Waals surface area contributed by atoms with Crippen molar-refractivity contribution in [1.82, 2.24) is 8.85 Å². The van der Waals surface area contributed by atoms with Crippen molar-refractivity contribution in [3.63, 3.8) is 0 Å². The topological polar surface area (TPSA) is 58.2 Å². The summed E-state index contributed by atoms with van der Waals surface area (Å²) in [6, 6.07) is 0. The van der Waals surface area contributed by atoms with Gasteiger partial charge in [0, 0.05) is 35.6 Å². The van der Waals surface area contributed by atoms with E-state index in [1.165, 1.54) is 0 Å². The van der Waals surface area contributed by atoms with E-state index < -0.39 is 0 Å². The van der Waals surface area contributed by atoms with Crippen molar-refractivity contribution in [3.05, 3.63) is 0 Å². The molecule has 0 atom stereocenters. The molecule has 14 heavy (non-hydrogen) atoms. The number of nitrogens with one attached hydrogen (secondary N) is 2. The van der Waals surface area contributed by atoms with Crippen molar-refractivity contribution in [1.29, 1.82) is 0 Å². The Morgan fingerprint density at radius 3 is 2.29 bits per heavy atom. The van der Waals surface area contributed by atoms with Crippen molar-refractivity contribution in [2.75, 3.05) is 6.54 Å². The summed E-state index contributed by atoms with van der Waals surface area (Å²) in [6.45, 7) is 0.736. The number of rotatable bonds is 7. The lowest BCUT2D eigenvalue weighted by Gasteiger charge is -2.01. The van der Waals surface area contributed by atoms with Gasteiger partial charge in [-0.25, -0.2) is 0 Å². The summed E-state index contributed by atoms with van der Waals surface area (Å²) in [4.78, 5) is 21.3. The summed E-state index contributed by atoms with van der Waals surface area (Å²) in [7, 11) is 0. The van der Waals surface area contributed by atoms with Crippen LogP contribution in [0, 0.1) is 0 Å². The molecule has 0 saturated carbocycles. The summed E-state index contributed by atoms with van der Waals surface area (Å²) in [6.07, 6.45) is 4.61. The third-order valence-electron chi connectivity index (χ3n) is 1.70. The van der Waals surface area contributed by atoms with Crippen LogP contribution in [-0.2, 0) is 4.79 Å². The average Bonchev–Trinajstić information content (AvgIpc) is 2.15. The Balaban J connectivity index is 3.06. The predicted octanol–water partition coefficient (Wildman–Crippen LogP) is 2.55. The zero-order valence-electron chi connectivity index (χ0n) is 7.82. The second-order valence-corrected chi connectivity index (χ2v) is 4.40. The molecule has 82 valence electrons. The second kappa shape index (κ2) is 9.94. The van der Waals surface area contributed by atoms with Crippen molar-refractivity contribution in [3.8, 4) is 0 Å². The van der Waals surface area contributed by atoms with Gasteiger partial charge in [0.1, 0.15) is 0 Å². The highest BCUT2D eigenvalue weighted by molar-refractivity contribution is 14.1. The summed E-state index contributed by atoms with van der Waals surface area (Å²) >= 11 is 3.57. The summed E-state index contributed by atoms with van der Waals surface area (Å²) in [5, 5.41) is 2.72. The first-order valence-electron chi connectivity index (χ1n) is 4.49. The first-order chi connectivity index (χ1) is 6.66. The molecule has 0 heterocycles. The van der Waals surface area contributed by atoms with E-state index in [2.05, 4.69) is 8.85 Å². The van der Waals surface area contributed by atoms with Gasteiger partial charge in [-0.15, -0.1) is 0 Å². The van der Waals surface area contributed by atoms with Gasteiger partial charge in [-0.3, -0.25) is 13.1 Å². The maximum atomic E-state index is 10.8. The van der Waals surface area contributed by atoms with E-state index in [4.69, 9.17) is 0 Å². The second-order valence-electron chi connectivity index (χ2n) is 2.88. The molecule has 0 aliphatic carbocycles. The number of unbranched alkanes of at least 4 members (excludes halogenated alkanes) is 3. The highest BCUT2D eigenvalue weighted by atomic mass is 127. The standard InChI is InChI=1S/C8H14I2N2O2/c9-8(14)11-6-4-2-1-3-5-7(13)12-10/h1-6H2,(H,11,14)(H,12,13). The normalized spacial score (nSPS) is 9.57. The fraction of sp³-hybridized carbons (Fsp3) is 0.750. The molecular weight excluding hydrogens is 410 g/mol. The molecule has 2 amide bonds. The largest absolute Gasteiger partial charge is 0.348 e. The zero-order valence-corrected chi connectivity index (χ0v) is 12.1. The summed E-state index contributed by atoms with van der Waals surface area (Å²) in [5.41, 5.74) is 0. The Morgan fingerprint density at radius 2 is 1.71 bits per heavy atom. The number of hydrogen-bond donors (Lipinski definition) is 2. The molecule has 0 unspecified atom stereocenters. The van der Waals surface area contributed by atoms with E-state index in [0.29, 0.717) is 6.42 Å². The first-order valence-corrected chi connectivity index (χ1v) is 6.65. The monoisotopic (exact) mass is 424 g/mol. The van der Waals surface area contributed by atoms with E-state index in [1.54, 1.807) is 22.6 Å². The smallest absolute Gasteiger partial charge is 0.280 e. The quantitative estimate of drug-likeness (QED) is 0.217. The lowest BCUT2D eigenvalue weighted by molar-refractivity contribution is -0.118. The van der Waals surface area contributed by atoms with E-state index in [9.17, 15) is 9.59 Å². The predicted molar refractivity (Wildman–Crippen MR) is 72.7 cm³/mol. The Morgan fingerprint density at radius 1 is 1.07 bits per heavy atom. The fourth-order valence-electron chi connectivity index (χ4n) is 0.998. The van der Waals surface area contributed by atoms with Gasteiger partial charge in [0.15, 0.2) is 0 Å². The minimum Gasteiger partial charge on any atom is -0.348 e. The Labute approximate surface area is 112 Å². The maximum absolute atomic E-state index is 10.8. The molecule has 0 aliphatic heterocycles. The molecule has 4 nitrogen and oxygen atoms in total. The number of halogens is 2. The lowest BCUT2D eigenvalue weighted by Crippen LogP contribution is -2.16. The van der Waals surface area contributed by atoms with E-state index in [0.717, 1.165) is 32.2 Å². The van der Waals surface area contributed by atoms with Gasteiger partial charge >= 0.3 is 0 Å². The maximum Gasteiger partial charge on any atom is 0.280 e. The fourth-order valence-corrected chi connectivity index (χ4v) is 1.54. The van der Waals surface area contributed by atoms with Crippen LogP contribution in [0.2, 0.25) is 0 Å². The van der Waals surface area contributed by atoms with Crippen LogP contribution in [0.25, 0.3) is 0 Å². The molecule has 6 heteroatoms. The molecular formula is C8H14I2N2O2. The third kappa shape index (κ3) is 10.5. The molecule has 0 spiro atoms. The SMILES string of the molecule is O=C(I)NCCCCCCC(=O)NI. The number of carbonyl (C=O) groups is 2. The van der Waals surface area contributed by atoms with Gasteiger partial charge in [-0.2, -0.15) is 0 Å². The first kappa shape index (κ1) is 14.4. The van der Waals surface area contributed by atoms with Crippen LogP contribution in [0.3, 0.4) is 0 Å². The van der Waals surface area contributed by atoms with Crippen LogP contribution >= 0.6 is 45.5 Å². The van der Waals surface area contributed by atoms with Crippen molar-refractivity contribution >= 4 is 55.3 Å². The van der Waals surface area contributed by atoms with Crippen molar-refractivity contribution < 1.29 is 9.59 Å². The van der Waals surface area contributed by atoms with Crippen LogP contribution in [0.15, 0.2) is 0 Å². The van der Waals surface area contributed by atoms with Crippen LogP contribution in [0.5, 0.6) is 0 Å². The van der Waals surface area contributed by atoms with Gasteiger partial charge in [-0.1, -0.05) is 12.8 Å². The summed E-state index contributed by atoms with van der Waals surface area (Å²) in [5.74, 6) is 0.0890. The van der Waals surface area contributed by atoms with Gasteiger partial charge in [0.05, 0.1) is 22.9 Å². The van der Waals surface area contributed by atoms with Gasteiger partial charge in [0.25, 0.3) is 3.91 Å². The van der Waals surface area contributed by atoms with Crippen LogP contribution in [-0.4, -0.2) is 16.4 Å². The minimum absolute atomic E-state index is 0.00751. The molecule has 0 aromatic heterocycles. The van der Waals surface area contributed by atoms with E-state index >= 15 is 0 Å². The zero-order chi connectivity index (χ0) is 10.8. The molecule has 2 N–H and O–H groups in total. The lowest BCUT2D eigenvalue weighted by atomic mass is 10.1. The molecule has 0 rings (SSSR count). The van der Waals surface area contributed by atoms with E-state index in [1.807, 2.05) is 22.9 Å². The van der Waals surface area contributed by atoms with Crippen LogP contribution in [0.4, 0.5) is 4.79 Å². The number of carbonyl (C=O) groups excluding carboxylic acids is 2. The van der Waals surface area contributed by atoms with Gasteiger partial charge < -0.3 is 5.32 Å². The summed E-state index contributed by atoms with van der Waals surface area (Å²) < 4.78 is 2.55.